The first kappa shape index (κ1) is 18.6. The molecule has 146 valence electrons. The zero-order chi connectivity index (χ0) is 19.4. The van der Waals surface area contributed by atoms with Crippen LogP contribution in [0.2, 0.25) is 0 Å². The Morgan fingerprint density at radius 1 is 1.22 bits per heavy atom. The van der Waals surface area contributed by atoms with Crippen molar-refractivity contribution in [1.82, 2.24) is 0 Å². The first-order chi connectivity index (χ1) is 12.9. The van der Waals surface area contributed by atoms with Crippen molar-refractivity contribution >= 4 is 17.5 Å². The number of ketones is 2. The van der Waals surface area contributed by atoms with Gasteiger partial charge in [0, 0.05) is 12.3 Å². The highest BCUT2D eigenvalue weighted by atomic mass is 16.5. The van der Waals surface area contributed by atoms with Gasteiger partial charge in [-0.2, -0.15) is 0 Å². The average Bonchev–Trinajstić information content (AvgIpc) is 3.03. The summed E-state index contributed by atoms with van der Waals surface area (Å²) >= 11 is 0. The molecule has 0 aromatic carbocycles. The van der Waals surface area contributed by atoms with Crippen LogP contribution in [0.5, 0.6) is 0 Å². The third-order valence-electron chi connectivity index (χ3n) is 8.16. The van der Waals surface area contributed by atoms with Crippen LogP contribution in [0.4, 0.5) is 0 Å². The van der Waals surface area contributed by atoms with Crippen LogP contribution in [0, 0.1) is 34.5 Å². The smallest absolute Gasteiger partial charge is 0.316 e. The molecule has 0 aromatic heterocycles. The number of aliphatic hydroxyl groups excluding tert-OH is 1. The second-order valence-corrected chi connectivity index (χ2v) is 8.98. The van der Waals surface area contributed by atoms with E-state index in [-0.39, 0.29) is 40.7 Å². The SMILES string of the molecule is COC(=O)[C@]12CCC(=O)C=C1C=C[C@@H]1[C@@H]2CC[C@]2(C)[C@@H](C(=O)CO)CC[C@@H]12. The third kappa shape index (κ3) is 2.43. The van der Waals surface area contributed by atoms with Crippen molar-refractivity contribution in [2.45, 2.75) is 45.4 Å². The molecule has 4 rings (SSSR count). The summed E-state index contributed by atoms with van der Waals surface area (Å²) in [7, 11) is 1.43. The number of esters is 1. The summed E-state index contributed by atoms with van der Waals surface area (Å²) < 4.78 is 5.24. The highest BCUT2D eigenvalue weighted by Gasteiger charge is 2.62. The Kier molecular flexibility index (Phi) is 4.41. The van der Waals surface area contributed by atoms with Crippen molar-refractivity contribution < 1.29 is 24.2 Å². The topological polar surface area (TPSA) is 80.7 Å². The van der Waals surface area contributed by atoms with E-state index in [0.717, 1.165) is 31.3 Å². The fourth-order valence-electron chi connectivity index (χ4n) is 6.88. The van der Waals surface area contributed by atoms with Crippen LogP contribution in [0.25, 0.3) is 0 Å². The summed E-state index contributed by atoms with van der Waals surface area (Å²) in [5, 5.41) is 9.39. The summed E-state index contributed by atoms with van der Waals surface area (Å²) in [6.45, 7) is 1.80. The van der Waals surface area contributed by atoms with Crippen molar-refractivity contribution in [1.29, 1.82) is 0 Å². The molecule has 6 atom stereocenters. The van der Waals surface area contributed by atoms with Crippen molar-refractivity contribution in [2.24, 2.45) is 34.5 Å². The van der Waals surface area contributed by atoms with Gasteiger partial charge < -0.3 is 9.84 Å². The summed E-state index contributed by atoms with van der Waals surface area (Å²) in [4.78, 5) is 37.3. The number of carbonyl (C=O) groups excluding carboxylic acids is 3. The predicted molar refractivity (Wildman–Crippen MR) is 98.5 cm³/mol. The molecule has 0 aliphatic heterocycles. The molecule has 27 heavy (non-hydrogen) atoms. The standard InChI is InChI=1S/C22H28O5/c1-21-9-8-17-15(16(21)5-6-18(21)19(25)12-23)4-3-13-11-14(24)7-10-22(13,17)20(26)27-2/h3-4,11,15-18,23H,5-10,12H2,1-2H3/t15-,16-,17-,18+,21-,22+/m0/s1. The third-order valence-corrected chi connectivity index (χ3v) is 8.16. The maximum atomic E-state index is 13.0. The molecule has 4 aliphatic carbocycles. The molecule has 5 nitrogen and oxygen atoms in total. The molecular formula is C22H28O5. The minimum absolute atomic E-state index is 0.0511. The number of aliphatic hydroxyl groups is 1. The molecule has 4 aliphatic rings. The van der Waals surface area contributed by atoms with Gasteiger partial charge in [-0.15, -0.1) is 0 Å². The van der Waals surface area contributed by atoms with Crippen LogP contribution in [-0.2, 0) is 19.1 Å². The molecule has 0 aromatic rings. The Morgan fingerprint density at radius 2 is 2.00 bits per heavy atom. The maximum Gasteiger partial charge on any atom is 0.316 e. The van der Waals surface area contributed by atoms with Gasteiger partial charge in [-0.05, 0) is 66.9 Å². The normalized spacial score (nSPS) is 42.6. The fourth-order valence-corrected chi connectivity index (χ4v) is 6.88. The molecular weight excluding hydrogens is 344 g/mol. The van der Waals surface area contributed by atoms with Crippen LogP contribution in [0.3, 0.4) is 0 Å². The van der Waals surface area contributed by atoms with Crippen LogP contribution in [0.1, 0.15) is 45.4 Å². The van der Waals surface area contributed by atoms with Gasteiger partial charge in [-0.25, -0.2) is 0 Å². The molecule has 5 heteroatoms. The quantitative estimate of drug-likeness (QED) is 0.770. The number of hydrogen-bond acceptors (Lipinski definition) is 5. The van der Waals surface area contributed by atoms with E-state index in [0.29, 0.717) is 18.8 Å². The van der Waals surface area contributed by atoms with Crippen LogP contribution < -0.4 is 0 Å². The zero-order valence-corrected chi connectivity index (χ0v) is 16.1. The van der Waals surface area contributed by atoms with E-state index in [4.69, 9.17) is 4.74 Å². The molecule has 0 amide bonds. The lowest BCUT2D eigenvalue weighted by molar-refractivity contribution is -0.160. The van der Waals surface area contributed by atoms with E-state index in [9.17, 15) is 19.5 Å². The molecule has 0 heterocycles. The van der Waals surface area contributed by atoms with E-state index in [1.165, 1.54) is 7.11 Å². The summed E-state index contributed by atoms with van der Waals surface area (Å²) in [5.41, 5.74) is -0.0620. The highest BCUT2D eigenvalue weighted by molar-refractivity contribution is 5.96. The van der Waals surface area contributed by atoms with Crippen molar-refractivity contribution in [3.8, 4) is 0 Å². The van der Waals surface area contributed by atoms with Gasteiger partial charge in [0.2, 0.25) is 0 Å². The number of carbonyl (C=O) groups is 3. The maximum absolute atomic E-state index is 13.0. The van der Waals surface area contributed by atoms with Crippen molar-refractivity contribution in [3.63, 3.8) is 0 Å². The Morgan fingerprint density at radius 3 is 2.70 bits per heavy atom. The summed E-state index contributed by atoms with van der Waals surface area (Å²) in [6, 6.07) is 0. The molecule has 0 radical (unpaired) electrons. The fraction of sp³-hybridized carbons (Fsp3) is 0.682. The Balaban J connectivity index is 1.76. The van der Waals surface area contributed by atoms with E-state index in [1.807, 2.05) is 6.08 Å². The minimum Gasteiger partial charge on any atom is -0.468 e. The Hall–Kier alpha value is -1.75. The lowest BCUT2D eigenvalue weighted by atomic mass is 9.48. The van der Waals surface area contributed by atoms with Gasteiger partial charge >= 0.3 is 5.97 Å². The monoisotopic (exact) mass is 372 g/mol. The second kappa shape index (κ2) is 6.40. The van der Waals surface area contributed by atoms with Crippen LogP contribution in [0.15, 0.2) is 23.8 Å². The molecule has 0 bridgehead atoms. The molecule has 2 saturated carbocycles. The predicted octanol–water partition coefficient (Wildman–Crippen LogP) is 2.63. The van der Waals surface area contributed by atoms with E-state index >= 15 is 0 Å². The lowest BCUT2D eigenvalue weighted by Crippen LogP contribution is -2.54. The molecule has 0 unspecified atom stereocenters. The first-order valence-electron chi connectivity index (χ1n) is 10.0. The summed E-state index contributed by atoms with van der Waals surface area (Å²) in [5.74, 6) is 0.312. The number of Topliss-reactive ketones (excluding diaryl/α,β-unsaturated/α-hetero) is 1. The van der Waals surface area contributed by atoms with E-state index < -0.39 is 12.0 Å². The van der Waals surface area contributed by atoms with Gasteiger partial charge in [0.15, 0.2) is 11.6 Å². The van der Waals surface area contributed by atoms with Crippen LogP contribution >= 0.6 is 0 Å². The van der Waals surface area contributed by atoms with Gasteiger partial charge in [0.1, 0.15) is 6.61 Å². The number of hydrogen-bond donors (Lipinski definition) is 1. The molecule has 0 spiro atoms. The Bertz CT molecular complexity index is 750. The highest BCUT2D eigenvalue weighted by Crippen LogP contribution is 2.65. The average molecular weight is 372 g/mol. The molecule has 2 fully saturated rings. The number of methoxy groups -OCH3 is 1. The van der Waals surface area contributed by atoms with Gasteiger partial charge in [-0.1, -0.05) is 19.1 Å². The number of rotatable bonds is 3. The zero-order valence-electron chi connectivity index (χ0n) is 16.1. The minimum atomic E-state index is -0.734. The van der Waals surface area contributed by atoms with Gasteiger partial charge in [-0.3, -0.25) is 14.4 Å². The summed E-state index contributed by atoms with van der Waals surface area (Å²) in [6.07, 6.45) is 10.1. The second-order valence-electron chi connectivity index (χ2n) is 8.98. The number of ether oxygens (including phenoxy) is 1. The number of fused-ring (bicyclic) bond motifs is 5. The number of allylic oxidation sites excluding steroid dienone is 3. The van der Waals surface area contributed by atoms with Gasteiger partial charge in [0.25, 0.3) is 0 Å². The van der Waals surface area contributed by atoms with Crippen molar-refractivity contribution in [2.75, 3.05) is 13.7 Å². The van der Waals surface area contributed by atoms with E-state index in [1.54, 1.807) is 6.08 Å². The Labute approximate surface area is 159 Å². The molecule has 1 N–H and O–H groups in total. The lowest BCUT2D eigenvalue weighted by Gasteiger charge is -2.55. The van der Waals surface area contributed by atoms with Crippen LogP contribution in [-0.4, -0.2) is 36.4 Å². The molecule has 0 saturated heterocycles. The van der Waals surface area contributed by atoms with Crippen molar-refractivity contribution in [3.05, 3.63) is 23.8 Å². The largest absolute Gasteiger partial charge is 0.468 e. The first-order valence-corrected chi connectivity index (χ1v) is 10.0. The van der Waals surface area contributed by atoms with E-state index in [2.05, 4.69) is 13.0 Å². The van der Waals surface area contributed by atoms with Gasteiger partial charge in [0.05, 0.1) is 12.5 Å².